The monoisotopic (exact) mass is 384 g/mol. The van der Waals surface area contributed by atoms with Crippen molar-refractivity contribution in [1.29, 1.82) is 0 Å². The zero-order valence-electron chi connectivity index (χ0n) is 14.0. The lowest BCUT2D eigenvalue weighted by atomic mass is 10.1. The number of ether oxygens (including phenoxy) is 1. The van der Waals surface area contributed by atoms with Crippen molar-refractivity contribution in [3.05, 3.63) is 74.9 Å². The van der Waals surface area contributed by atoms with E-state index in [0.717, 1.165) is 5.39 Å². The van der Waals surface area contributed by atoms with Gasteiger partial charge in [0, 0.05) is 34.7 Å². The van der Waals surface area contributed by atoms with Crippen LogP contribution >= 0.6 is 11.6 Å². The van der Waals surface area contributed by atoms with Crippen molar-refractivity contribution in [3.8, 4) is 5.75 Å². The van der Waals surface area contributed by atoms with Gasteiger partial charge in [-0.3, -0.25) is 14.9 Å². The second-order valence-corrected chi connectivity index (χ2v) is 5.79. The van der Waals surface area contributed by atoms with Crippen molar-refractivity contribution in [2.75, 3.05) is 7.11 Å². The first-order valence-corrected chi connectivity index (χ1v) is 8.08. The molecule has 0 fully saturated rings. The number of benzene rings is 2. The van der Waals surface area contributed by atoms with Gasteiger partial charge in [-0.1, -0.05) is 11.6 Å². The molecule has 3 rings (SSSR count). The zero-order valence-corrected chi connectivity index (χ0v) is 14.8. The van der Waals surface area contributed by atoms with Crippen molar-refractivity contribution >= 4 is 40.3 Å². The fourth-order valence-corrected chi connectivity index (χ4v) is 2.51. The number of carbonyl (C=O) groups is 1. The SMILES string of the molecule is COc1ccc2cc(C=NNC(=O)c3ccc([N+](=O)[O-])cc3)c(Cl)nc2c1. The quantitative estimate of drug-likeness (QED) is 0.313. The minimum Gasteiger partial charge on any atom is -0.497 e. The third kappa shape index (κ3) is 4.18. The Hall–Kier alpha value is -3.52. The molecule has 3 aromatic rings. The van der Waals surface area contributed by atoms with Crippen LogP contribution in [0, 0.1) is 10.1 Å². The van der Waals surface area contributed by atoms with Gasteiger partial charge in [0.05, 0.1) is 23.8 Å². The lowest BCUT2D eigenvalue weighted by molar-refractivity contribution is -0.384. The average Bonchev–Trinajstić information content (AvgIpc) is 2.67. The normalized spacial score (nSPS) is 10.9. The predicted octanol–water partition coefficient (Wildman–Crippen LogP) is 3.57. The molecule has 0 radical (unpaired) electrons. The van der Waals surface area contributed by atoms with E-state index in [0.29, 0.717) is 16.8 Å². The molecule has 136 valence electrons. The lowest BCUT2D eigenvalue weighted by Gasteiger charge is -2.04. The molecular weight excluding hydrogens is 372 g/mol. The molecular formula is C18H13ClN4O4. The second kappa shape index (κ2) is 7.79. The average molecular weight is 385 g/mol. The van der Waals surface area contributed by atoms with Gasteiger partial charge in [0.25, 0.3) is 11.6 Å². The molecule has 0 saturated heterocycles. The Balaban J connectivity index is 1.74. The largest absolute Gasteiger partial charge is 0.497 e. The number of nitro groups is 1. The number of carbonyl (C=O) groups excluding carboxylic acids is 1. The highest BCUT2D eigenvalue weighted by molar-refractivity contribution is 6.32. The van der Waals surface area contributed by atoms with Gasteiger partial charge in [-0.2, -0.15) is 5.10 Å². The summed E-state index contributed by atoms with van der Waals surface area (Å²) in [6, 6.07) is 12.4. The number of fused-ring (bicyclic) bond motifs is 1. The summed E-state index contributed by atoms with van der Waals surface area (Å²) in [5, 5.41) is 15.6. The van der Waals surface area contributed by atoms with Gasteiger partial charge in [-0.25, -0.2) is 10.4 Å². The Morgan fingerprint density at radius 3 is 2.67 bits per heavy atom. The molecule has 0 aliphatic rings. The van der Waals surface area contributed by atoms with Crippen LogP contribution in [0.3, 0.4) is 0 Å². The maximum atomic E-state index is 12.0. The van der Waals surface area contributed by atoms with Crippen LogP contribution in [0.15, 0.2) is 53.6 Å². The van der Waals surface area contributed by atoms with Crippen LogP contribution in [0.4, 0.5) is 5.69 Å². The number of aromatic nitrogens is 1. The van der Waals surface area contributed by atoms with E-state index in [1.165, 1.54) is 30.5 Å². The Labute approximate surface area is 158 Å². The summed E-state index contributed by atoms with van der Waals surface area (Å²) in [6.45, 7) is 0. The number of halogens is 1. The number of hydrogen-bond acceptors (Lipinski definition) is 6. The van der Waals surface area contributed by atoms with Crippen LogP contribution in [-0.2, 0) is 0 Å². The summed E-state index contributed by atoms with van der Waals surface area (Å²) in [5.74, 6) is 0.165. The fraction of sp³-hybridized carbons (Fsp3) is 0.0556. The molecule has 27 heavy (non-hydrogen) atoms. The number of nitrogens with one attached hydrogen (secondary N) is 1. The number of nitrogens with zero attached hydrogens (tertiary/aromatic N) is 3. The highest BCUT2D eigenvalue weighted by Crippen LogP contribution is 2.23. The lowest BCUT2D eigenvalue weighted by Crippen LogP contribution is -2.17. The summed E-state index contributed by atoms with van der Waals surface area (Å²) in [6.07, 6.45) is 1.38. The molecule has 1 aromatic heterocycles. The highest BCUT2D eigenvalue weighted by Gasteiger charge is 2.09. The highest BCUT2D eigenvalue weighted by atomic mass is 35.5. The molecule has 1 N–H and O–H groups in total. The van der Waals surface area contributed by atoms with Crippen molar-refractivity contribution in [2.24, 2.45) is 5.10 Å². The van der Waals surface area contributed by atoms with Gasteiger partial charge < -0.3 is 4.74 Å². The van der Waals surface area contributed by atoms with Gasteiger partial charge >= 0.3 is 0 Å². The molecule has 0 spiro atoms. The van der Waals surface area contributed by atoms with Crippen LogP contribution in [0.1, 0.15) is 15.9 Å². The first-order valence-electron chi connectivity index (χ1n) is 7.70. The third-order valence-corrected chi connectivity index (χ3v) is 4.02. The molecule has 0 bridgehead atoms. The smallest absolute Gasteiger partial charge is 0.271 e. The Bertz CT molecular complexity index is 1050. The molecule has 0 aliphatic carbocycles. The van der Waals surface area contributed by atoms with E-state index in [9.17, 15) is 14.9 Å². The Morgan fingerprint density at radius 1 is 1.26 bits per heavy atom. The van der Waals surface area contributed by atoms with Gasteiger partial charge in [-0.05, 0) is 30.3 Å². The zero-order chi connectivity index (χ0) is 19.4. The number of rotatable bonds is 5. The van der Waals surface area contributed by atoms with Gasteiger partial charge in [0.1, 0.15) is 10.9 Å². The van der Waals surface area contributed by atoms with Gasteiger partial charge in [-0.15, -0.1) is 0 Å². The molecule has 1 heterocycles. The Kier molecular flexibility index (Phi) is 5.28. The van der Waals surface area contributed by atoms with Crippen molar-refractivity contribution < 1.29 is 14.5 Å². The van der Waals surface area contributed by atoms with E-state index in [2.05, 4.69) is 15.5 Å². The van der Waals surface area contributed by atoms with E-state index in [-0.39, 0.29) is 16.4 Å². The van der Waals surface area contributed by atoms with E-state index in [1.807, 2.05) is 6.07 Å². The van der Waals surface area contributed by atoms with E-state index in [4.69, 9.17) is 16.3 Å². The topological polar surface area (TPSA) is 107 Å². The number of amides is 1. The van der Waals surface area contributed by atoms with Gasteiger partial charge in [0.15, 0.2) is 0 Å². The van der Waals surface area contributed by atoms with Crippen LogP contribution in [0.25, 0.3) is 10.9 Å². The summed E-state index contributed by atoms with van der Waals surface area (Å²) in [5.41, 5.74) is 3.69. The molecule has 0 saturated carbocycles. The van der Waals surface area contributed by atoms with Crippen molar-refractivity contribution in [2.45, 2.75) is 0 Å². The van der Waals surface area contributed by atoms with E-state index < -0.39 is 10.8 Å². The van der Waals surface area contributed by atoms with Crippen LogP contribution in [0.2, 0.25) is 5.15 Å². The summed E-state index contributed by atoms with van der Waals surface area (Å²) in [7, 11) is 1.57. The molecule has 9 heteroatoms. The fourth-order valence-electron chi connectivity index (χ4n) is 2.32. The standard InChI is InChI=1S/C18H13ClN4O4/c1-27-15-7-4-12-8-13(17(19)21-16(12)9-15)10-20-22-18(24)11-2-5-14(6-3-11)23(25)26/h2-10H,1H3,(H,22,24). The maximum Gasteiger partial charge on any atom is 0.271 e. The summed E-state index contributed by atoms with van der Waals surface area (Å²) < 4.78 is 5.15. The molecule has 2 aromatic carbocycles. The molecule has 0 atom stereocenters. The number of hydrazone groups is 1. The van der Waals surface area contributed by atoms with E-state index in [1.54, 1.807) is 25.3 Å². The number of nitro benzene ring substituents is 1. The predicted molar refractivity (Wildman–Crippen MR) is 101 cm³/mol. The number of non-ortho nitro benzene ring substituents is 1. The van der Waals surface area contributed by atoms with Crippen LogP contribution in [-0.4, -0.2) is 29.1 Å². The van der Waals surface area contributed by atoms with E-state index >= 15 is 0 Å². The number of methoxy groups -OCH3 is 1. The third-order valence-electron chi connectivity index (χ3n) is 3.72. The first kappa shape index (κ1) is 18.3. The first-order chi connectivity index (χ1) is 13.0. The molecule has 1 amide bonds. The van der Waals surface area contributed by atoms with Crippen LogP contribution in [0.5, 0.6) is 5.75 Å². The minimum absolute atomic E-state index is 0.0966. The Morgan fingerprint density at radius 2 is 2.00 bits per heavy atom. The molecule has 0 unspecified atom stereocenters. The van der Waals surface area contributed by atoms with Crippen molar-refractivity contribution in [1.82, 2.24) is 10.4 Å². The van der Waals surface area contributed by atoms with Gasteiger partial charge in [0.2, 0.25) is 0 Å². The number of hydrogen-bond donors (Lipinski definition) is 1. The van der Waals surface area contributed by atoms with Crippen LogP contribution < -0.4 is 10.2 Å². The minimum atomic E-state index is -0.538. The summed E-state index contributed by atoms with van der Waals surface area (Å²) >= 11 is 6.16. The molecule has 0 aliphatic heterocycles. The number of pyridine rings is 1. The van der Waals surface area contributed by atoms with Crippen molar-refractivity contribution in [3.63, 3.8) is 0 Å². The second-order valence-electron chi connectivity index (χ2n) is 5.43. The maximum absolute atomic E-state index is 12.0. The summed E-state index contributed by atoms with van der Waals surface area (Å²) in [4.78, 5) is 26.4. The molecule has 8 nitrogen and oxygen atoms in total.